The van der Waals surface area contributed by atoms with E-state index in [0.29, 0.717) is 13.0 Å². The number of rotatable bonds is 6. The molecule has 0 saturated heterocycles. The van der Waals surface area contributed by atoms with Gasteiger partial charge in [0.15, 0.2) is 0 Å². The minimum Gasteiger partial charge on any atom is -0.352 e. The molecule has 128 valence electrons. The molecule has 25 heavy (non-hydrogen) atoms. The van der Waals surface area contributed by atoms with Crippen molar-refractivity contribution in [3.05, 3.63) is 89.0 Å². The van der Waals surface area contributed by atoms with E-state index in [-0.39, 0.29) is 5.91 Å². The maximum atomic E-state index is 12.3. The van der Waals surface area contributed by atoms with Gasteiger partial charge in [-0.05, 0) is 31.0 Å². The third kappa shape index (κ3) is 4.35. The number of aromatic nitrogens is 2. The summed E-state index contributed by atoms with van der Waals surface area (Å²) in [6, 6.07) is 16.2. The molecule has 0 saturated carbocycles. The van der Waals surface area contributed by atoms with E-state index in [1.165, 1.54) is 5.56 Å². The zero-order valence-corrected chi connectivity index (χ0v) is 14.7. The number of hydrogen-bond acceptors (Lipinski definition) is 2. The molecule has 0 fully saturated rings. The Morgan fingerprint density at radius 3 is 2.68 bits per heavy atom. The fraction of sp³-hybridized carbons (Fsp3) is 0.238. The van der Waals surface area contributed by atoms with Crippen LogP contribution in [0.15, 0.2) is 60.9 Å². The Hall–Kier alpha value is -2.88. The van der Waals surface area contributed by atoms with E-state index in [0.717, 1.165) is 29.1 Å². The predicted octanol–water partition coefficient (Wildman–Crippen LogP) is 3.52. The molecule has 0 bridgehead atoms. The molecule has 4 nitrogen and oxygen atoms in total. The Kier molecular flexibility index (Phi) is 5.29. The van der Waals surface area contributed by atoms with Crippen LogP contribution in [0.25, 0.3) is 0 Å². The van der Waals surface area contributed by atoms with Gasteiger partial charge in [-0.2, -0.15) is 0 Å². The van der Waals surface area contributed by atoms with E-state index < -0.39 is 0 Å². The van der Waals surface area contributed by atoms with Crippen molar-refractivity contribution in [1.29, 1.82) is 0 Å². The Balaban J connectivity index is 1.57. The molecule has 4 heteroatoms. The molecule has 1 heterocycles. The lowest BCUT2D eigenvalue weighted by Crippen LogP contribution is -2.27. The molecule has 3 rings (SSSR count). The fourth-order valence-electron chi connectivity index (χ4n) is 2.94. The molecule has 0 aliphatic carbocycles. The first-order valence-electron chi connectivity index (χ1n) is 8.53. The maximum absolute atomic E-state index is 12.3. The van der Waals surface area contributed by atoms with E-state index in [9.17, 15) is 4.79 Å². The van der Waals surface area contributed by atoms with Gasteiger partial charge in [-0.1, -0.05) is 48.0 Å². The summed E-state index contributed by atoms with van der Waals surface area (Å²) in [6.45, 7) is 5.36. The minimum absolute atomic E-state index is 0.0290. The van der Waals surface area contributed by atoms with Crippen molar-refractivity contribution < 1.29 is 4.79 Å². The Bertz CT molecular complexity index is 853. The van der Waals surface area contributed by atoms with Gasteiger partial charge in [-0.3, -0.25) is 4.79 Å². The summed E-state index contributed by atoms with van der Waals surface area (Å²) < 4.78 is 2.12. The number of carbonyl (C=O) groups is 1. The predicted molar refractivity (Wildman–Crippen MR) is 99.7 cm³/mol. The highest BCUT2D eigenvalue weighted by atomic mass is 16.1. The smallest absolute Gasteiger partial charge is 0.251 e. The van der Waals surface area contributed by atoms with Crippen molar-refractivity contribution >= 4 is 5.91 Å². The van der Waals surface area contributed by atoms with Gasteiger partial charge < -0.3 is 9.88 Å². The topological polar surface area (TPSA) is 46.9 Å². The molecule has 0 radical (unpaired) electrons. The molecule has 1 amide bonds. The summed E-state index contributed by atoms with van der Waals surface area (Å²) >= 11 is 0. The fourth-order valence-corrected chi connectivity index (χ4v) is 2.94. The summed E-state index contributed by atoms with van der Waals surface area (Å²) in [7, 11) is 0. The van der Waals surface area contributed by atoms with E-state index in [4.69, 9.17) is 0 Å². The van der Waals surface area contributed by atoms with E-state index in [1.54, 1.807) is 0 Å². The number of benzene rings is 2. The molecular formula is C21H23N3O. The van der Waals surface area contributed by atoms with Crippen LogP contribution < -0.4 is 5.32 Å². The monoisotopic (exact) mass is 333 g/mol. The van der Waals surface area contributed by atoms with Crippen molar-refractivity contribution in [2.45, 2.75) is 26.8 Å². The van der Waals surface area contributed by atoms with Gasteiger partial charge in [0.1, 0.15) is 5.82 Å². The van der Waals surface area contributed by atoms with Gasteiger partial charge in [-0.15, -0.1) is 0 Å². The van der Waals surface area contributed by atoms with E-state index in [1.807, 2.05) is 62.6 Å². The Morgan fingerprint density at radius 1 is 1.12 bits per heavy atom. The molecule has 0 atom stereocenters. The molecule has 1 aromatic heterocycles. The first-order chi connectivity index (χ1) is 12.1. The summed E-state index contributed by atoms with van der Waals surface area (Å²) in [5.41, 5.74) is 4.14. The van der Waals surface area contributed by atoms with Crippen LogP contribution in [0.2, 0.25) is 0 Å². The molecule has 0 unspecified atom stereocenters. The van der Waals surface area contributed by atoms with Crippen LogP contribution in [0.5, 0.6) is 0 Å². The number of hydrogen-bond donors (Lipinski definition) is 1. The summed E-state index contributed by atoms with van der Waals surface area (Å²) in [5, 5.41) is 3.00. The third-order valence-corrected chi connectivity index (χ3v) is 4.26. The number of amides is 1. The second-order valence-corrected chi connectivity index (χ2v) is 6.28. The Labute approximate surface area is 148 Å². The quantitative estimate of drug-likeness (QED) is 0.750. The normalized spacial score (nSPS) is 10.6. The van der Waals surface area contributed by atoms with Gasteiger partial charge in [0, 0.05) is 37.5 Å². The lowest BCUT2D eigenvalue weighted by atomic mass is 10.1. The third-order valence-electron chi connectivity index (χ3n) is 4.26. The second kappa shape index (κ2) is 7.79. The number of nitrogens with zero attached hydrogens (tertiary/aromatic N) is 2. The van der Waals surface area contributed by atoms with Crippen LogP contribution in [0, 0.1) is 13.8 Å². The summed E-state index contributed by atoms with van der Waals surface area (Å²) in [4.78, 5) is 16.8. The van der Waals surface area contributed by atoms with Gasteiger partial charge in [0.05, 0.1) is 0 Å². The zero-order chi connectivity index (χ0) is 17.6. The van der Waals surface area contributed by atoms with Crippen molar-refractivity contribution in [2.75, 3.05) is 6.54 Å². The standard InChI is InChI=1S/C21H23N3O/c1-16-8-9-19(17(2)14-16)21(25)23-11-10-20-22-12-13-24(20)15-18-6-4-3-5-7-18/h3-9,12-14H,10-11,15H2,1-2H3,(H,23,25). The van der Waals surface area contributed by atoms with Crippen LogP contribution in [-0.4, -0.2) is 22.0 Å². The zero-order valence-electron chi connectivity index (χ0n) is 14.7. The summed E-state index contributed by atoms with van der Waals surface area (Å²) in [5.74, 6) is 0.948. The van der Waals surface area contributed by atoms with E-state index >= 15 is 0 Å². The second-order valence-electron chi connectivity index (χ2n) is 6.28. The number of imidazole rings is 1. The molecule has 0 aliphatic rings. The van der Waals surface area contributed by atoms with E-state index in [2.05, 4.69) is 27.0 Å². The van der Waals surface area contributed by atoms with Crippen molar-refractivity contribution in [3.8, 4) is 0 Å². The minimum atomic E-state index is -0.0290. The average Bonchev–Trinajstić information content (AvgIpc) is 3.03. The highest BCUT2D eigenvalue weighted by Crippen LogP contribution is 2.10. The first kappa shape index (κ1) is 17.0. The highest BCUT2D eigenvalue weighted by Gasteiger charge is 2.09. The van der Waals surface area contributed by atoms with Gasteiger partial charge in [0.25, 0.3) is 5.91 Å². The van der Waals surface area contributed by atoms with Gasteiger partial charge in [0.2, 0.25) is 0 Å². The van der Waals surface area contributed by atoms with Crippen molar-refractivity contribution in [3.63, 3.8) is 0 Å². The maximum Gasteiger partial charge on any atom is 0.251 e. The lowest BCUT2D eigenvalue weighted by molar-refractivity contribution is 0.0953. The van der Waals surface area contributed by atoms with Crippen LogP contribution in [0.1, 0.15) is 32.9 Å². The molecule has 2 aromatic carbocycles. The average molecular weight is 333 g/mol. The molecular weight excluding hydrogens is 310 g/mol. The molecule has 3 aromatic rings. The molecule has 1 N–H and O–H groups in total. The largest absolute Gasteiger partial charge is 0.352 e. The number of carbonyl (C=O) groups excluding carboxylic acids is 1. The van der Waals surface area contributed by atoms with Crippen LogP contribution in [0.4, 0.5) is 0 Å². The van der Waals surface area contributed by atoms with Crippen molar-refractivity contribution in [1.82, 2.24) is 14.9 Å². The first-order valence-corrected chi connectivity index (χ1v) is 8.53. The SMILES string of the molecule is Cc1ccc(C(=O)NCCc2nccn2Cc2ccccc2)c(C)c1. The number of nitrogens with one attached hydrogen (secondary N) is 1. The lowest BCUT2D eigenvalue weighted by Gasteiger charge is -2.10. The molecule has 0 aliphatic heterocycles. The van der Waals surface area contributed by atoms with Gasteiger partial charge >= 0.3 is 0 Å². The van der Waals surface area contributed by atoms with Crippen LogP contribution >= 0.6 is 0 Å². The van der Waals surface area contributed by atoms with Crippen LogP contribution in [0.3, 0.4) is 0 Å². The van der Waals surface area contributed by atoms with Crippen LogP contribution in [-0.2, 0) is 13.0 Å². The summed E-state index contributed by atoms with van der Waals surface area (Å²) in [6.07, 6.45) is 4.50. The van der Waals surface area contributed by atoms with Gasteiger partial charge in [-0.25, -0.2) is 4.98 Å². The number of aryl methyl sites for hydroxylation is 2. The molecule has 0 spiro atoms. The van der Waals surface area contributed by atoms with Crippen molar-refractivity contribution in [2.24, 2.45) is 0 Å². The highest BCUT2D eigenvalue weighted by molar-refractivity contribution is 5.95. The Morgan fingerprint density at radius 2 is 1.92 bits per heavy atom.